The lowest BCUT2D eigenvalue weighted by Crippen LogP contribution is -2.41. The van der Waals surface area contributed by atoms with Crippen molar-refractivity contribution in [1.29, 1.82) is 0 Å². The highest BCUT2D eigenvalue weighted by Gasteiger charge is 2.19. The van der Waals surface area contributed by atoms with Crippen LogP contribution in [0, 0.1) is 0 Å². The van der Waals surface area contributed by atoms with Crippen molar-refractivity contribution in [3.63, 3.8) is 0 Å². The molecule has 1 unspecified atom stereocenters. The number of aromatic nitrogens is 2. The molecule has 1 aliphatic rings. The van der Waals surface area contributed by atoms with Crippen LogP contribution in [0.25, 0.3) is 0 Å². The van der Waals surface area contributed by atoms with Crippen molar-refractivity contribution >= 4 is 11.5 Å². The van der Waals surface area contributed by atoms with Crippen molar-refractivity contribution in [3.05, 3.63) is 12.5 Å². The van der Waals surface area contributed by atoms with Gasteiger partial charge in [0.1, 0.15) is 6.33 Å². The van der Waals surface area contributed by atoms with E-state index in [-0.39, 0.29) is 6.10 Å². The molecule has 0 radical (unpaired) electrons. The zero-order valence-corrected chi connectivity index (χ0v) is 8.18. The number of anilines is 2. The smallest absolute Gasteiger partial charge is 0.155 e. The average Bonchev–Trinajstić information content (AvgIpc) is 2.18. The SMILES string of the molecule is CC1CN(c2ncncc2N)CCO1. The molecule has 2 N–H and O–H groups in total. The molecular weight excluding hydrogens is 180 g/mol. The number of morpholine rings is 1. The van der Waals surface area contributed by atoms with Gasteiger partial charge in [-0.1, -0.05) is 0 Å². The van der Waals surface area contributed by atoms with Crippen LogP contribution in [0.4, 0.5) is 11.5 Å². The fraction of sp³-hybridized carbons (Fsp3) is 0.556. The van der Waals surface area contributed by atoms with Gasteiger partial charge in [0.05, 0.1) is 24.6 Å². The van der Waals surface area contributed by atoms with E-state index in [2.05, 4.69) is 14.9 Å². The van der Waals surface area contributed by atoms with E-state index in [1.165, 1.54) is 6.33 Å². The summed E-state index contributed by atoms with van der Waals surface area (Å²) >= 11 is 0. The van der Waals surface area contributed by atoms with Crippen LogP contribution in [0.1, 0.15) is 6.92 Å². The number of hydrogen-bond donors (Lipinski definition) is 1. The van der Waals surface area contributed by atoms with Gasteiger partial charge in [0.15, 0.2) is 5.82 Å². The van der Waals surface area contributed by atoms with Crippen LogP contribution in [0.15, 0.2) is 12.5 Å². The largest absolute Gasteiger partial charge is 0.394 e. The van der Waals surface area contributed by atoms with Crippen molar-refractivity contribution in [2.24, 2.45) is 0 Å². The Labute approximate surface area is 82.9 Å². The summed E-state index contributed by atoms with van der Waals surface area (Å²) in [5.74, 6) is 0.815. The molecule has 2 rings (SSSR count). The number of nitrogens with zero attached hydrogens (tertiary/aromatic N) is 3. The molecule has 1 saturated heterocycles. The first kappa shape index (κ1) is 9.21. The van der Waals surface area contributed by atoms with Crippen LogP contribution >= 0.6 is 0 Å². The first-order valence-electron chi connectivity index (χ1n) is 4.69. The van der Waals surface area contributed by atoms with Crippen LogP contribution < -0.4 is 10.6 Å². The number of nitrogen functional groups attached to an aromatic ring is 1. The Kier molecular flexibility index (Phi) is 2.49. The quantitative estimate of drug-likeness (QED) is 0.695. The predicted octanol–water partition coefficient (Wildman–Crippen LogP) is 0.284. The van der Waals surface area contributed by atoms with Crippen molar-refractivity contribution in [3.8, 4) is 0 Å². The number of hydrogen-bond acceptors (Lipinski definition) is 5. The topological polar surface area (TPSA) is 64.3 Å². The third-order valence-electron chi connectivity index (χ3n) is 2.26. The van der Waals surface area contributed by atoms with E-state index < -0.39 is 0 Å². The Hall–Kier alpha value is -1.36. The van der Waals surface area contributed by atoms with E-state index in [1.54, 1.807) is 6.20 Å². The predicted molar refractivity (Wildman–Crippen MR) is 54.1 cm³/mol. The zero-order chi connectivity index (χ0) is 9.97. The Balaban J connectivity index is 2.18. The summed E-state index contributed by atoms with van der Waals surface area (Å²) in [6.45, 7) is 4.45. The van der Waals surface area contributed by atoms with Crippen molar-refractivity contribution in [2.45, 2.75) is 13.0 Å². The molecular formula is C9H14N4O. The van der Waals surface area contributed by atoms with Gasteiger partial charge >= 0.3 is 0 Å². The van der Waals surface area contributed by atoms with Crippen LogP contribution in [-0.4, -0.2) is 35.8 Å². The van der Waals surface area contributed by atoms with E-state index in [9.17, 15) is 0 Å². The van der Waals surface area contributed by atoms with Gasteiger partial charge in [0.25, 0.3) is 0 Å². The molecule has 0 bridgehead atoms. The minimum Gasteiger partial charge on any atom is -0.394 e. The van der Waals surface area contributed by atoms with Gasteiger partial charge < -0.3 is 15.4 Å². The van der Waals surface area contributed by atoms with E-state index >= 15 is 0 Å². The van der Waals surface area contributed by atoms with Gasteiger partial charge in [-0.2, -0.15) is 0 Å². The fourth-order valence-corrected chi connectivity index (χ4v) is 1.61. The third-order valence-corrected chi connectivity index (χ3v) is 2.26. The van der Waals surface area contributed by atoms with Gasteiger partial charge in [-0.15, -0.1) is 0 Å². The summed E-state index contributed by atoms with van der Waals surface area (Å²) in [5.41, 5.74) is 6.42. The molecule has 76 valence electrons. The second kappa shape index (κ2) is 3.79. The number of ether oxygens (including phenoxy) is 1. The van der Waals surface area contributed by atoms with Gasteiger partial charge in [-0.25, -0.2) is 9.97 Å². The molecule has 2 heterocycles. The summed E-state index contributed by atoms with van der Waals surface area (Å²) in [5, 5.41) is 0. The summed E-state index contributed by atoms with van der Waals surface area (Å²) in [6, 6.07) is 0. The molecule has 14 heavy (non-hydrogen) atoms. The standard InChI is InChI=1S/C9H14N4O/c1-7-5-13(2-3-14-7)9-8(10)4-11-6-12-9/h4,6-7H,2-3,5,10H2,1H3. The first-order chi connectivity index (χ1) is 6.77. The van der Waals surface area contributed by atoms with Crippen LogP contribution in [0.3, 0.4) is 0 Å². The van der Waals surface area contributed by atoms with Crippen molar-refractivity contribution < 1.29 is 4.74 Å². The molecule has 1 aromatic heterocycles. The highest BCUT2D eigenvalue weighted by Crippen LogP contribution is 2.20. The maximum atomic E-state index is 5.79. The third kappa shape index (κ3) is 1.77. The second-order valence-corrected chi connectivity index (χ2v) is 3.43. The lowest BCUT2D eigenvalue weighted by atomic mass is 10.3. The molecule has 0 amide bonds. The Bertz CT molecular complexity index is 317. The summed E-state index contributed by atoms with van der Waals surface area (Å²) in [6.07, 6.45) is 3.38. The molecule has 0 aromatic carbocycles. The average molecular weight is 194 g/mol. The summed E-state index contributed by atoms with van der Waals surface area (Å²) in [7, 11) is 0. The number of nitrogens with two attached hydrogens (primary N) is 1. The molecule has 0 spiro atoms. The van der Waals surface area contributed by atoms with Gasteiger partial charge in [-0.05, 0) is 6.92 Å². The van der Waals surface area contributed by atoms with Gasteiger partial charge in [0, 0.05) is 13.1 Å². The molecule has 5 heteroatoms. The Morgan fingerprint density at radius 1 is 1.64 bits per heavy atom. The zero-order valence-electron chi connectivity index (χ0n) is 8.18. The minimum absolute atomic E-state index is 0.234. The first-order valence-corrected chi connectivity index (χ1v) is 4.69. The molecule has 0 saturated carbocycles. The van der Waals surface area contributed by atoms with E-state index in [4.69, 9.17) is 10.5 Å². The van der Waals surface area contributed by atoms with E-state index in [0.29, 0.717) is 5.69 Å². The Morgan fingerprint density at radius 3 is 3.21 bits per heavy atom. The second-order valence-electron chi connectivity index (χ2n) is 3.43. The van der Waals surface area contributed by atoms with E-state index in [1.807, 2.05) is 6.92 Å². The lowest BCUT2D eigenvalue weighted by molar-refractivity contribution is 0.0530. The monoisotopic (exact) mass is 194 g/mol. The van der Waals surface area contributed by atoms with Gasteiger partial charge in [-0.3, -0.25) is 0 Å². The molecule has 5 nitrogen and oxygen atoms in total. The fourth-order valence-electron chi connectivity index (χ4n) is 1.61. The number of rotatable bonds is 1. The molecule has 1 aromatic rings. The molecule has 0 aliphatic carbocycles. The maximum Gasteiger partial charge on any atom is 0.155 e. The highest BCUT2D eigenvalue weighted by atomic mass is 16.5. The normalized spacial score (nSPS) is 22.4. The Morgan fingerprint density at radius 2 is 2.50 bits per heavy atom. The van der Waals surface area contributed by atoms with Crippen LogP contribution in [-0.2, 0) is 4.74 Å². The highest BCUT2D eigenvalue weighted by molar-refractivity contribution is 5.61. The molecule has 1 atom stereocenters. The van der Waals surface area contributed by atoms with Crippen LogP contribution in [0.5, 0.6) is 0 Å². The summed E-state index contributed by atoms with van der Waals surface area (Å²) in [4.78, 5) is 10.2. The van der Waals surface area contributed by atoms with Gasteiger partial charge in [0.2, 0.25) is 0 Å². The van der Waals surface area contributed by atoms with Crippen molar-refractivity contribution in [1.82, 2.24) is 9.97 Å². The van der Waals surface area contributed by atoms with E-state index in [0.717, 1.165) is 25.5 Å². The van der Waals surface area contributed by atoms with Crippen LogP contribution in [0.2, 0.25) is 0 Å². The molecule has 1 fully saturated rings. The van der Waals surface area contributed by atoms with Crippen molar-refractivity contribution in [2.75, 3.05) is 30.3 Å². The maximum absolute atomic E-state index is 5.79. The molecule has 1 aliphatic heterocycles. The lowest BCUT2D eigenvalue weighted by Gasteiger charge is -2.32. The summed E-state index contributed by atoms with van der Waals surface area (Å²) < 4.78 is 5.44. The minimum atomic E-state index is 0.234.